The molecule has 1 aromatic carbocycles. The minimum Gasteiger partial charge on any atom is -0.444 e. The molecular weight excluding hydrogens is 334 g/mol. The fourth-order valence-electron chi connectivity index (χ4n) is 1.61. The summed E-state index contributed by atoms with van der Waals surface area (Å²) in [4.78, 5) is 34.7. The van der Waals surface area contributed by atoms with E-state index in [0.29, 0.717) is 10.6 Å². The maximum absolute atomic E-state index is 11.8. The van der Waals surface area contributed by atoms with Crippen molar-refractivity contribution < 1.29 is 19.1 Å². The number of nitrogens with one attached hydrogen (secondary N) is 3. The van der Waals surface area contributed by atoms with E-state index in [-0.39, 0.29) is 31.4 Å². The first kappa shape index (κ1) is 19.8. The van der Waals surface area contributed by atoms with Crippen LogP contribution in [0.1, 0.15) is 31.1 Å². The van der Waals surface area contributed by atoms with Gasteiger partial charge in [0, 0.05) is 23.7 Å². The third-order valence-corrected chi connectivity index (χ3v) is 2.88. The minimum atomic E-state index is -0.659. The second-order valence-corrected chi connectivity index (χ2v) is 6.40. The van der Waals surface area contributed by atoms with Gasteiger partial charge in [0.25, 0.3) is 5.91 Å². The van der Waals surface area contributed by atoms with E-state index in [1.54, 1.807) is 45.0 Å². The SMILES string of the molecule is CC(C)(C)OC(=O)NCC(=O)NCCNC(=O)c1ccc(Cl)cc1. The van der Waals surface area contributed by atoms with Crippen LogP contribution in [0.15, 0.2) is 24.3 Å². The van der Waals surface area contributed by atoms with Crippen molar-refractivity contribution in [2.24, 2.45) is 0 Å². The van der Waals surface area contributed by atoms with Crippen molar-refractivity contribution in [1.29, 1.82) is 0 Å². The highest BCUT2D eigenvalue weighted by Gasteiger charge is 2.16. The summed E-state index contributed by atoms with van der Waals surface area (Å²) in [5, 5.41) is 8.13. The predicted octanol–water partition coefficient (Wildman–Crippen LogP) is 1.71. The zero-order valence-electron chi connectivity index (χ0n) is 13.9. The number of hydrogen-bond acceptors (Lipinski definition) is 4. The quantitative estimate of drug-likeness (QED) is 0.677. The fraction of sp³-hybridized carbons (Fsp3) is 0.438. The topological polar surface area (TPSA) is 96.5 Å². The third kappa shape index (κ3) is 8.38. The summed E-state index contributed by atoms with van der Waals surface area (Å²) in [5.74, 6) is -0.630. The summed E-state index contributed by atoms with van der Waals surface area (Å²) in [6.07, 6.45) is -0.659. The maximum atomic E-state index is 11.8. The first-order valence-corrected chi connectivity index (χ1v) is 7.82. The molecule has 0 saturated carbocycles. The average molecular weight is 356 g/mol. The van der Waals surface area contributed by atoms with Crippen molar-refractivity contribution in [3.05, 3.63) is 34.9 Å². The van der Waals surface area contributed by atoms with Crippen LogP contribution in [0.5, 0.6) is 0 Å². The number of amides is 3. The van der Waals surface area contributed by atoms with Crippen LogP contribution in [0.25, 0.3) is 0 Å². The molecule has 1 aromatic rings. The van der Waals surface area contributed by atoms with Gasteiger partial charge in [0.2, 0.25) is 5.91 Å². The Kier molecular flexibility index (Phi) is 7.51. The number of alkyl carbamates (subject to hydrolysis) is 1. The standard InChI is InChI=1S/C16H22ClN3O4/c1-16(2,3)24-15(23)20-10-13(21)18-8-9-19-14(22)11-4-6-12(17)7-5-11/h4-7H,8-10H2,1-3H3,(H,18,21)(H,19,22)(H,20,23). The van der Waals surface area contributed by atoms with E-state index in [0.717, 1.165) is 0 Å². The van der Waals surface area contributed by atoms with E-state index in [4.69, 9.17) is 16.3 Å². The van der Waals surface area contributed by atoms with Gasteiger partial charge in [-0.2, -0.15) is 0 Å². The molecule has 7 nitrogen and oxygen atoms in total. The molecule has 0 aliphatic carbocycles. The van der Waals surface area contributed by atoms with E-state index < -0.39 is 11.7 Å². The van der Waals surface area contributed by atoms with Gasteiger partial charge in [-0.15, -0.1) is 0 Å². The normalized spacial score (nSPS) is 10.7. The molecule has 132 valence electrons. The fourth-order valence-corrected chi connectivity index (χ4v) is 1.74. The number of benzene rings is 1. The minimum absolute atomic E-state index is 0.194. The molecule has 0 heterocycles. The molecule has 0 bridgehead atoms. The lowest BCUT2D eigenvalue weighted by molar-refractivity contribution is -0.120. The molecular formula is C16H22ClN3O4. The van der Waals surface area contributed by atoms with Crippen LogP contribution in [0.2, 0.25) is 5.02 Å². The number of halogens is 1. The van der Waals surface area contributed by atoms with Gasteiger partial charge < -0.3 is 20.7 Å². The summed E-state index contributed by atoms with van der Waals surface area (Å²) in [6.45, 7) is 5.51. The summed E-state index contributed by atoms with van der Waals surface area (Å²) >= 11 is 5.75. The van der Waals surface area contributed by atoms with Gasteiger partial charge in [-0.05, 0) is 45.0 Å². The Hall–Kier alpha value is -2.28. The number of rotatable bonds is 6. The van der Waals surface area contributed by atoms with Crippen LogP contribution in [0.3, 0.4) is 0 Å². The van der Waals surface area contributed by atoms with Crippen molar-refractivity contribution >= 4 is 29.5 Å². The Morgan fingerprint density at radius 3 is 2.17 bits per heavy atom. The van der Waals surface area contributed by atoms with Crippen LogP contribution in [0, 0.1) is 0 Å². The summed E-state index contributed by atoms with van der Waals surface area (Å²) in [6, 6.07) is 6.48. The van der Waals surface area contributed by atoms with E-state index in [1.165, 1.54) is 0 Å². The molecule has 0 saturated heterocycles. The van der Waals surface area contributed by atoms with Gasteiger partial charge in [-0.1, -0.05) is 11.6 Å². The number of carbonyl (C=O) groups is 3. The van der Waals surface area contributed by atoms with Crippen molar-refractivity contribution in [1.82, 2.24) is 16.0 Å². The van der Waals surface area contributed by atoms with E-state index >= 15 is 0 Å². The van der Waals surface area contributed by atoms with Gasteiger partial charge in [0.1, 0.15) is 5.60 Å². The second-order valence-electron chi connectivity index (χ2n) is 5.97. The predicted molar refractivity (Wildman–Crippen MR) is 91.0 cm³/mol. The summed E-state index contributed by atoms with van der Waals surface area (Å²) in [7, 11) is 0. The second kappa shape index (κ2) is 9.12. The van der Waals surface area contributed by atoms with Crippen LogP contribution in [0.4, 0.5) is 4.79 Å². The van der Waals surface area contributed by atoms with Gasteiger partial charge in [0.05, 0.1) is 6.54 Å². The molecule has 3 N–H and O–H groups in total. The van der Waals surface area contributed by atoms with Gasteiger partial charge >= 0.3 is 6.09 Å². The van der Waals surface area contributed by atoms with Gasteiger partial charge in [-0.25, -0.2) is 4.79 Å². The molecule has 3 amide bonds. The Morgan fingerprint density at radius 1 is 1.00 bits per heavy atom. The highest BCUT2D eigenvalue weighted by atomic mass is 35.5. The largest absolute Gasteiger partial charge is 0.444 e. The molecule has 0 spiro atoms. The van der Waals surface area contributed by atoms with Crippen molar-refractivity contribution in [2.45, 2.75) is 26.4 Å². The van der Waals surface area contributed by atoms with Crippen LogP contribution < -0.4 is 16.0 Å². The Balaban J connectivity index is 2.18. The molecule has 0 fully saturated rings. The zero-order valence-corrected chi connectivity index (χ0v) is 14.7. The first-order chi connectivity index (χ1) is 11.2. The average Bonchev–Trinajstić information content (AvgIpc) is 2.48. The first-order valence-electron chi connectivity index (χ1n) is 7.45. The molecule has 0 radical (unpaired) electrons. The van der Waals surface area contributed by atoms with Crippen molar-refractivity contribution in [2.75, 3.05) is 19.6 Å². The van der Waals surface area contributed by atoms with E-state index in [9.17, 15) is 14.4 Å². The molecule has 0 aromatic heterocycles. The molecule has 0 aliphatic heterocycles. The summed E-state index contributed by atoms with van der Waals surface area (Å²) in [5.41, 5.74) is -0.135. The Morgan fingerprint density at radius 2 is 1.58 bits per heavy atom. The molecule has 0 aliphatic rings. The highest BCUT2D eigenvalue weighted by Crippen LogP contribution is 2.09. The molecule has 1 rings (SSSR count). The van der Waals surface area contributed by atoms with Crippen molar-refractivity contribution in [3.8, 4) is 0 Å². The number of hydrogen-bond donors (Lipinski definition) is 3. The lowest BCUT2D eigenvalue weighted by Gasteiger charge is -2.19. The molecule has 24 heavy (non-hydrogen) atoms. The molecule has 8 heteroatoms. The highest BCUT2D eigenvalue weighted by molar-refractivity contribution is 6.30. The van der Waals surface area contributed by atoms with Crippen molar-refractivity contribution in [3.63, 3.8) is 0 Å². The number of ether oxygens (including phenoxy) is 1. The van der Waals surface area contributed by atoms with Crippen LogP contribution in [-0.4, -0.2) is 43.1 Å². The van der Waals surface area contributed by atoms with Gasteiger partial charge in [0.15, 0.2) is 0 Å². The van der Waals surface area contributed by atoms with Crippen LogP contribution in [-0.2, 0) is 9.53 Å². The zero-order chi connectivity index (χ0) is 18.2. The molecule has 0 atom stereocenters. The van der Waals surface area contributed by atoms with Crippen LogP contribution >= 0.6 is 11.6 Å². The van der Waals surface area contributed by atoms with Gasteiger partial charge in [-0.3, -0.25) is 9.59 Å². The smallest absolute Gasteiger partial charge is 0.408 e. The molecule has 0 unspecified atom stereocenters. The maximum Gasteiger partial charge on any atom is 0.408 e. The Labute approximate surface area is 146 Å². The Bertz CT molecular complexity index is 582. The third-order valence-electron chi connectivity index (χ3n) is 2.63. The summed E-state index contributed by atoms with van der Waals surface area (Å²) < 4.78 is 5.01. The van der Waals surface area contributed by atoms with E-state index in [1.807, 2.05) is 0 Å². The number of carbonyl (C=O) groups excluding carboxylic acids is 3. The lowest BCUT2D eigenvalue weighted by Crippen LogP contribution is -2.42. The monoisotopic (exact) mass is 355 g/mol. The lowest BCUT2D eigenvalue weighted by atomic mass is 10.2. The van der Waals surface area contributed by atoms with E-state index in [2.05, 4.69) is 16.0 Å².